The molecule has 9 aromatic carbocycles. The molecule has 2 aromatic heterocycles. The summed E-state index contributed by atoms with van der Waals surface area (Å²) in [7, 11) is 0. The predicted octanol–water partition coefficient (Wildman–Crippen LogP) is 14.6. The maximum absolute atomic E-state index is 6.72. The monoisotopic (exact) mass is 702 g/mol. The van der Waals surface area contributed by atoms with Crippen molar-refractivity contribution in [3.63, 3.8) is 0 Å². The van der Waals surface area contributed by atoms with E-state index in [1.54, 1.807) is 0 Å². The van der Waals surface area contributed by atoms with Crippen LogP contribution in [0, 0.1) is 0 Å². The fourth-order valence-electron chi connectivity index (χ4n) is 8.46. The van der Waals surface area contributed by atoms with Gasteiger partial charge in [-0.1, -0.05) is 133 Å². The van der Waals surface area contributed by atoms with Gasteiger partial charge in [0.05, 0.1) is 11.0 Å². The maximum atomic E-state index is 6.72. The normalized spacial score (nSPS) is 11.6. The zero-order valence-corrected chi connectivity index (χ0v) is 29.9. The number of aromatic nitrogens is 1. The highest BCUT2D eigenvalue weighted by molar-refractivity contribution is 6.19. The van der Waals surface area contributed by atoms with Gasteiger partial charge in [0.25, 0.3) is 0 Å². The van der Waals surface area contributed by atoms with Crippen molar-refractivity contribution in [3.05, 3.63) is 206 Å². The molecule has 0 spiro atoms. The van der Waals surface area contributed by atoms with E-state index >= 15 is 0 Å². The molecule has 0 bridgehead atoms. The van der Waals surface area contributed by atoms with E-state index in [2.05, 4.69) is 216 Å². The molecule has 2 heterocycles. The highest BCUT2D eigenvalue weighted by Crippen LogP contribution is 2.44. The average molecular weight is 703 g/mol. The number of furan rings is 1. The molecule has 55 heavy (non-hydrogen) atoms. The van der Waals surface area contributed by atoms with E-state index in [0.717, 1.165) is 50.1 Å². The van der Waals surface area contributed by atoms with Gasteiger partial charge in [0, 0.05) is 49.7 Å². The van der Waals surface area contributed by atoms with Crippen molar-refractivity contribution in [2.45, 2.75) is 0 Å². The van der Waals surface area contributed by atoms with Crippen molar-refractivity contribution in [2.24, 2.45) is 0 Å². The smallest absolute Gasteiger partial charge is 0.143 e. The number of hydrogen-bond donors (Lipinski definition) is 0. The summed E-state index contributed by atoms with van der Waals surface area (Å²) in [5.41, 5.74) is 13.2. The summed E-state index contributed by atoms with van der Waals surface area (Å²) in [5, 5.41) is 6.96. The summed E-state index contributed by atoms with van der Waals surface area (Å²) in [6, 6.07) is 73.8. The fraction of sp³-hybridized carbons (Fsp3) is 0. The standard InChI is InChI=1S/C52H34N2O/c1-3-15-35(16-4-1)36-17-13-18-37(31-36)46-34-48-47-33-41(29-30-51(47)55-52(48)45-26-8-7-23-42(45)46)53(38-19-5-2-6-20-38)39-21-14-22-40(32-39)54-49-27-11-9-24-43(49)44-25-10-12-28-50(44)54/h1-34H. The molecule has 0 saturated carbocycles. The molecule has 3 heteroatoms. The first-order valence-electron chi connectivity index (χ1n) is 18.8. The van der Waals surface area contributed by atoms with Gasteiger partial charge in [-0.3, -0.25) is 0 Å². The Kier molecular flexibility index (Phi) is 7.17. The number of rotatable bonds is 6. The number of anilines is 3. The van der Waals surface area contributed by atoms with Crippen LogP contribution < -0.4 is 4.90 Å². The first-order chi connectivity index (χ1) is 27.3. The summed E-state index contributed by atoms with van der Waals surface area (Å²) >= 11 is 0. The Hall–Kier alpha value is -7.36. The zero-order valence-electron chi connectivity index (χ0n) is 29.9. The molecule has 0 aliphatic rings. The van der Waals surface area contributed by atoms with Crippen molar-refractivity contribution >= 4 is 71.6 Å². The fourth-order valence-corrected chi connectivity index (χ4v) is 8.46. The molecule has 0 N–H and O–H groups in total. The van der Waals surface area contributed by atoms with Crippen LogP contribution in [0.15, 0.2) is 211 Å². The van der Waals surface area contributed by atoms with E-state index in [-0.39, 0.29) is 0 Å². The Morgan fingerprint density at radius 3 is 1.69 bits per heavy atom. The lowest BCUT2D eigenvalue weighted by Crippen LogP contribution is -2.10. The average Bonchev–Trinajstić information content (AvgIpc) is 3.80. The maximum Gasteiger partial charge on any atom is 0.143 e. The van der Waals surface area contributed by atoms with Gasteiger partial charge in [0.15, 0.2) is 0 Å². The quantitative estimate of drug-likeness (QED) is 0.172. The number of nitrogens with zero attached hydrogens (tertiary/aromatic N) is 2. The lowest BCUT2D eigenvalue weighted by atomic mass is 9.93. The van der Waals surface area contributed by atoms with Crippen LogP contribution in [0.3, 0.4) is 0 Å². The number of para-hydroxylation sites is 3. The van der Waals surface area contributed by atoms with Crippen LogP contribution in [0.1, 0.15) is 0 Å². The van der Waals surface area contributed by atoms with Crippen molar-refractivity contribution < 1.29 is 4.42 Å². The van der Waals surface area contributed by atoms with Gasteiger partial charge in [-0.15, -0.1) is 0 Å². The molecule has 0 atom stereocenters. The van der Waals surface area contributed by atoms with Crippen molar-refractivity contribution in [3.8, 4) is 27.9 Å². The molecule has 0 amide bonds. The van der Waals surface area contributed by atoms with Crippen LogP contribution >= 0.6 is 0 Å². The third kappa shape index (κ3) is 5.13. The van der Waals surface area contributed by atoms with Crippen LogP contribution in [-0.4, -0.2) is 4.57 Å². The van der Waals surface area contributed by atoms with E-state index < -0.39 is 0 Å². The molecule has 0 radical (unpaired) electrons. The Bertz CT molecular complexity index is 3160. The highest BCUT2D eigenvalue weighted by Gasteiger charge is 2.20. The Labute approximate surface area is 318 Å². The third-order valence-electron chi connectivity index (χ3n) is 10.9. The molecule has 3 nitrogen and oxygen atoms in total. The van der Waals surface area contributed by atoms with Crippen LogP contribution in [0.25, 0.3) is 82.5 Å². The Morgan fingerprint density at radius 1 is 0.345 bits per heavy atom. The molecule has 11 aromatic rings. The van der Waals surface area contributed by atoms with Gasteiger partial charge in [-0.2, -0.15) is 0 Å². The molecule has 11 rings (SSSR count). The van der Waals surface area contributed by atoms with Crippen molar-refractivity contribution in [2.75, 3.05) is 4.90 Å². The second kappa shape index (κ2) is 12.6. The predicted molar refractivity (Wildman–Crippen MR) is 231 cm³/mol. The minimum atomic E-state index is 0.867. The van der Waals surface area contributed by atoms with Crippen LogP contribution in [0.5, 0.6) is 0 Å². The lowest BCUT2D eigenvalue weighted by Gasteiger charge is -2.26. The summed E-state index contributed by atoms with van der Waals surface area (Å²) in [4.78, 5) is 2.35. The zero-order chi connectivity index (χ0) is 36.3. The van der Waals surface area contributed by atoms with E-state index in [4.69, 9.17) is 4.42 Å². The van der Waals surface area contributed by atoms with E-state index in [1.807, 2.05) is 0 Å². The summed E-state index contributed by atoms with van der Waals surface area (Å²) in [6.07, 6.45) is 0. The molecular formula is C52H34N2O. The first-order valence-corrected chi connectivity index (χ1v) is 18.8. The number of benzene rings is 9. The minimum absolute atomic E-state index is 0.867. The summed E-state index contributed by atoms with van der Waals surface area (Å²) < 4.78 is 9.10. The molecule has 0 saturated heterocycles. The van der Waals surface area contributed by atoms with Crippen LogP contribution in [0.2, 0.25) is 0 Å². The van der Waals surface area contributed by atoms with Crippen LogP contribution in [-0.2, 0) is 0 Å². The van der Waals surface area contributed by atoms with Gasteiger partial charge >= 0.3 is 0 Å². The summed E-state index contributed by atoms with van der Waals surface area (Å²) in [6.45, 7) is 0. The summed E-state index contributed by atoms with van der Waals surface area (Å²) in [5.74, 6) is 0. The SMILES string of the molecule is c1ccc(-c2cccc(-c3cc4c5cc(N(c6ccccc6)c6cccc(-n7c8ccccc8c8ccccc87)c6)ccc5oc4c4ccccc34)c2)cc1. The van der Waals surface area contributed by atoms with Crippen LogP contribution in [0.4, 0.5) is 17.1 Å². The highest BCUT2D eigenvalue weighted by atomic mass is 16.3. The third-order valence-corrected chi connectivity index (χ3v) is 10.9. The van der Waals surface area contributed by atoms with Gasteiger partial charge < -0.3 is 13.9 Å². The number of fused-ring (bicyclic) bond motifs is 8. The molecule has 0 aliphatic heterocycles. The molecule has 0 aliphatic carbocycles. The van der Waals surface area contributed by atoms with Gasteiger partial charge in [0.2, 0.25) is 0 Å². The van der Waals surface area contributed by atoms with Crippen molar-refractivity contribution in [1.29, 1.82) is 0 Å². The largest absolute Gasteiger partial charge is 0.455 e. The second-order valence-electron chi connectivity index (χ2n) is 14.1. The van der Waals surface area contributed by atoms with Gasteiger partial charge in [-0.05, 0) is 100 Å². The van der Waals surface area contributed by atoms with Crippen molar-refractivity contribution in [1.82, 2.24) is 4.57 Å². The first kappa shape index (κ1) is 31.2. The number of hydrogen-bond acceptors (Lipinski definition) is 2. The molecular weight excluding hydrogens is 669 g/mol. The van der Waals surface area contributed by atoms with Gasteiger partial charge in [-0.25, -0.2) is 0 Å². The van der Waals surface area contributed by atoms with Gasteiger partial charge in [0.1, 0.15) is 11.2 Å². The molecule has 0 unspecified atom stereocenters. The molecule has 258 valence electrons. The molecule has 0 fully saturated rings. The van der Waals surface area contributed by atoms with E-state index in [9.17, 15) is 0 Å². The minimum Gasteiger partial charge on any atom is -0.455 e. The lowest BCUT2D eigenvalue weighted by molar-refractivity contribution is 0.672. The van der Waals surface area contributed by atoms with E-state index in [1.165, 1.54) is 49.4 Å². The Morgan fingerprint density at radius 2 is 0.927 bits per heavy atom. The van der Waals surface area contributed by atoms with E-state index in [0.29, 0.717) is 0 Å². The second-order valence-corrected chi connectivity index (χ2v) is 14.1. The topological polar surface area (TPSA) is 21.3 Å². The Balaban J connectivity index is 1.11.